The van der Waals surface area contributed by atoms with E-state index in [4.69, 9.17) is 0 Å². The fraction of sp³-hybridized carbons (Fsp3) is 0.458. The lowest BCUT2D eigenvalue weighted by Crippen LogP contribution is -2.36. The molecule has 0 amide bonds. The van der Waals surface area contributed by atoms with Gasteiger partial charge in [-0.15, -0.1) is 0 Å². The Balaban J connectivity index is 1.53. The Kier molecular flexibility index (Phi) is 8.49. The minimum absolute atomic E-state index is 0.328. The van der Waals surface area contributed by atoms with Crippen LogP contribution in [-0.2, 0) is 29.5 Å². The van der Waals surface area contributed by atoms with Gasteiger partial charge in [0.1, 0.15) is 0 Å². The molecule has 0 unspecified atom stereocenters. The first-order valence-corrected chi connectivity index (χ1v) is 12.9. The molecule has 6 nitrogen and oxygen atoms in total. The number of nitrogens with zero attached hydrogens (tertiary/aromatic N) is 2. The van der Waals surface area contributed by atoms with Gasteiger partial charge >= 0.3 is 0 Å². The molecule has 1 heterocycles. The van der Waals surface area contributed by atoms with E-state index in [9.17, 15) is 8.42 Å². The lowest BCUT2D eigenvalue weighted by molar-refractivity contribution is 0.221. The van der Waals surface area contributed by atoms with Gasteiger partial charge in [-0.3, -0.25) is 4.90 Å². The number of hydrogen-bond donors (Lipinski definition) is 2. The zero-order valence-corrected chi connectivity index (χ0v) is 19.4. The van der Waals surface area contributed by atoms with Crippen molar-refractivity contribution in [2.24, 2.45) is 4.99 Å². The van der Waals surface area contributed by atoms with Gasteiger partial charge in [0, 0.05) is 25.9 Å². The van der Waals surface area contributed by atoms with E-state index in [1.165, 1.54) is 49.7 Å². The number of sulfone groups is 1. The van der Waals surface area contributed by atoms with Gasteiger partial charge in [-0.2, -0.15) is 0 Å². The largest absolute Gasteiger partial charge is 0.357 e. The van der Waals surface area contributed by atoms with Gasteiger partial charge in [0.05, 0.1) is 11.4 Å². The Labute approximate surface area is 186 Å². The molecule has 0 aliphatic carbocycles. The van der Waals surface area contributed by atoms with Crippen molar-refractivity contribution in [3.05, 3.63) is 65.2 Å². The zero-order valence-electron chi connectivity index (χ0n) is 18.6. The summed E-state index contributed by atoms with van der Waals surface area (Å²) in [6.45, 7) is 7.44. The van der Waals surface area contributed by atoms with Gasteiger partial charge in [-0.05, 0) is 61.7 Å². The summed E-state index contributed by atoms with van der Waals surface area (Å²) < 4.78 is 23.2. The number of rotatable bonds is 8. The number of hydrogen-bond acceptors (Lipinski definition) is 4. The quantitative estimate of drug-likeness (QED) is 0.485. The van der Waals surface area contributed by atoms with E-state index >= 15 is 0 Å². The maximum atomic E-state index is 11.6. The Morgan fingerprint density at radius 1 is 0.903 bits per heavy atom. The van der Waals surface area contributed by atoms with Crippen LogP contribution >= 0.6 is 0 Å². The molecule has 7 heteroatoms. The first-order valence-electron chi connectivity index (χ1n) is 11.1. The van der Waals surface area contributed by atoms with Crippen molar-refractivity contribution < 1.29 is 8.42 Å². The predicted molar refractivity (Wildman–Crippen MR) is 127 cm³/mol. The van der Waals surface area contributed by atoms with Crippen molar-refractivity contribution in [1.29, 1.82) is 0 Å². The molecule has 2 N–H and O–H groups in total. The average Bonchev–Trinajstić information content (AvgIpc) is 2.77. The van der Waals surface area contributed by atoms with Crippen LogP contribution < -0.4 is 10.6 Å². The molecule has 3 rings (SSSR count). The van der Waals surface area contributed by atoms with E-state index in [1.54, 1.807) is 12.1 Å². The Bertz CT molecular complexity index is 948. The fourth-order valence-electron chi connectivity index (χ4n) is 3.68. The van der Waals surface area contributed by atoms with E-state index in [0.29, 0.717) is 18.0 Å². The summed E-state index contributed by atoms with van der Waals surface area (Å²) in [5.41, 5.74) is 3.54. The van der Waals surface area contributed by atoms with Crippen LogP contribution in [0.4, 0.5) is 0 Å². The average molecular weight is 443 g/mol. The maximum Gasteiger partial charge on any atom is 0.191 e. The lowest BCUT2D eigenvalue weighted by atomic mass is 10.1. The van der Waals surface area contributed by atoms with Crippen molar-refractivity contribution >= 4 is 15.8 Å². The molecule has 0 radical (unpaired) electrons. The standard InChI is InChI=1S/C24H34N4O2S/c1-3-25-24(27-18-21-11-13-23(14-12-21)31(2,29)30)26-17-20-7-9-22(10-8-20)19-28-15-5-4-6-16-28/h7-14H,3-6,15-19H2,1-2H3,(H2,25,26,27). The van der Waals surface area contributed by atoms with Crippen LogP contribution in [0.3, 0.4) is 0 Å². The van der Waals surface area contributed by atoms with Crippen LogP contribution in [0, 0.1) is 0 Å². The molecule has 0 saturated carbocycles. The Morgan fingerprint density at radius 3 is 2.13 bits per heavy atom. The van der Waals surface area contributed by atoms with Gasteiger partial charge in [0.15, 0.2) is 15.8 Å². The van der Waals surface area contributed by atoms with Crippen molar-refractivity contribution in [3.63, 3.8) is 0 Å². The molecule has 0 spiro atoms. The molecule has 1 fully saturated rings. The van der Waals surface area contributed by atoms with Crippen molar-refractivity contribution in [2.45, 2.75) is 50.7 Å². The fourth-order valence-corrected chi connectivity index (χ4v) is 4.31. The SMILES string of the molecule is CCNC(=NCc1ccc(S(C)(=O)=O)cc1)NCc1ccc(CN2CCCCC2)cc1. The molecule has 2 aromatic rings. The molecule has 0 atom stereocenters. The van der Waals surface area contributed by atoms with Crippen LogP contribution in [0.5, 0.6) is 0 Å². The highest BCUT2D eigenvalue weighted by atomic mass is 32.2. The normalized spacial score (nSPS) is 15.6. The minimum Gasteiger partial charge on any atom is -0.357 e. The second-order valence-electron chi connectivity index (χ2n) is 8.12. The summed E-state index contributed by atoms with van der Waals surface area (Å²) in [5.74, 6) is 0.743. The van der Waals surface area contributed by atoms with Crippen LogP contribution in [0.1, 0.15) is 42.9 Å². The molecule has 0 bridgehead atoms. The zero-order chi connectivity index (χ0) is 22.1. The van der Waals surface area contributed by atoms with Crippen LogP contribution in [0.25, 0.3) is 0 Å². The van der Waals surface area contributed by atoms with Crippen LogP contribution in [0.2, 0.25) is 0 Å². The number of nitrogens with one attached hydrogen (secondary N) is 2. The first-order chi connectivity index (χ1) is 14.9. The highest BCUT2D eigenvalue weighted by Crippen LogP contribution is 2.14. The first kappa shape index (κ1) is 23.3. The molecule has 1 aliphatic heterocycles. The highest BCUT2D eigenvalue weighted by Gasteiger charge is 2.10. The number of likely N-dealkylation sites (tertiary alicyclic amines) is 1. The van der Waals surface area contributed by atoms with E-state index in [0.717, 1.165) is 24.6 Å². The second kappa shape index (κ2) is 11.3. The van der Waals surface area contributed by atoms with E-state index in [2.05, 4.69) is 44.8 Å². The molecule has 31 heavy (non-hydrogen) atoms. The van der Waals surface area contributed by atoms with E-state index in [1.807, 2.05) is 19.1 Å². The molecule has 1 saturated heterocycles. The van der Waals surface area contributed by atoms with Crippen molar-refractivity contribution in [3.8, 4) is 0 Å². The third-order valence-electron chi connectivity index (χ3n) is 5.45. The summed E-state index contributed by atoms with van der Waals surface area (Å²) in [5, 5.41) is 6.64. The Hall–Kier alpha value is -2.38. The van der Waals surface area contributed by atoms with Gasteiger partial charge in [0.25, 0.3) is 0 Å². The predicted octanol–water partition coefficient (Wildman–Crippen LogP) is 3.33. The third-order valence-corrected chi connectivity index (χ3v) is 6.58. The number of benzene rings is 2. The van der Waals surface area contributed by atoms with Crippen LogP contribution in [0.15, 0.2) is 58.4 Å². The number of guanidine groups is 1. The molecule has 0 aromatic heterocycles. The summed E-state index contributed by atoms with van der Waals surface area (Å²) in [7, 11) is -3.17. The molecular weight excluding hydrogens is 408 g/mol. The minimum atomic E-state index is -3.17. The smallest absolute Gasteiger partial charge is 0.191 e. The molecule has 168 valence electrons. The van der Waals surface area contributed by atoms with Gasteiger partial charge in [-0.25, -0.2) is 13.4 Å². The molecule has 2 aromatic carbocycles. The van der Waals surface area contributed by atoms with Gasteiger partial charge < -0.3 is 10.6 Å². The summed E-state index contributed by atoms with van der Waals surface area (Å²) in [6, 6.07) is 15.7. The lowest BCUT2D eigenvalue weighted by Gasteiger charge is -2.26. The third kappa shape index (κ3) is 7.67. The monoisotopic (exact) mass is 442 g/mol. The number of piperidine rings is 1. The van der Waals surface area contributed by atoms with Crippen molar-refractivity contribution in [2.75, 3.05) is 25.9 Å². The Morgan fingerprint density at radius 2 is 1.52 bits per heavy atom. The molecular formula is C24H34N4O2S. The van der Waals surface area contributed by atoms with Crippen LogP contribution in [-0.4, -0.2) is 45.2 Å². The second-order valence-corrected chi connectivity index (χ2v) is 10.1. The molecule has 1 aliphatic rings. The summed E-state index contributed by atoms with van der Waals surface area (Å²) in [4.78, 5) is 7.49. The topological polar surface area (TPSA) is 73.8 Å². The summed E-state index contributed by atoms with van der Waals surface area (Å²) in [6.07, 6.45) is 5.21. The maximum absolute atomic E-state index is 11.6. The van der Waals surface area contributed by atoms with Crippen molar-refractivity contribution in [1.82, 2.24) is 15.5 Å². The highest BCUT2D eigenvalue weighted by molar-refractivity contribution is 7.90. The van der Waals surface area contributed by atoms with Gasteiger partial charge in [-0.1, -0.05) is 42.8 Å². The van der Waals surface area contributed by atoms with E-state index in [-0.39, 0.29) is 0 Å². The number of aliphatic imine (C=N–C) groups is 1. The van der Waals surface area contributed by atoms with Gasteiger partial charge in [0.2, 0.25) is 0 Å². The van der Waals surface area contributed by atoms with E-state index < -0.39 is 9.84 Å². The summed E-state index contributed by atoms with van der Waals surface area (Å²) >= 11 is 0.